The molecule has 1 heterocycles. The first kappa shape index (κ1) is 15.2. The maximum atomic E-state index is 3.89. The van der Waals surface area contributed by atoms with Gasteiger partial charge in [-0.25, -0.2) is 0 Å². The Labute approximate surface area is 143 Å². The number of thiophene rings is 1. The van der Waals surface area contributed by atoms with Crippen molar-refractivity contribution in [2.75, 3.05) is 20.1 Å². The predicted molar refractivity (Wildman–Crippen MR) is 102 cm³/mol. The molecule has 3 aliphatic carbocycles. The first-order valence-electron chi connectivity index (χ1n) is 8.76. The molecule has 0 atom stereocenters. The van der Waals surface area contributed by atoms with Gasteiger partial charge < -0.3 is 0 Å². The van der Waals surface area contributed by atoms with Crippen molar-refractivity contribution in [2.45, 2.75) is 25.7 Å². The van der Waals surface area contributed by atoms with Crippen LogP contribution in [0.25, 0.3) is 15.7 Å². The zero-order chi connectivity index (χ0) is 15.8. The van der Waals surface area contributed by atoms with E-state index in [4.69, 9.17) is 0 Å². The van der Waals surface area contributed by atoms with Gasteiger partial charge in [0.2, 0.25) is 0 Å². The first-order chi connectivity index (χ1) is 11.3. The van der Waals surface area contributed by atoms with Crippen LogP contribution < -0.4 is 0 Å². The Morgan fingerprint density at radius 1 is 1.17 bits per heavy atom. The van der Waals surface area contributed by atoms with Gasteiger partial charge in [-0.05, 0) is 90.2 Å². The number of rotatable bonds is 5. The summed E-state index contributed by atoms with van der Waals surface area (Å²) in [6, 6.07) is 9.36. The van der Waals surface area contributed by atoms with Gasteiger partial charge in [0.1, 0.15) is 0 Å². The molecule has 0 spiro atoms. The minimum atomic E-state index is 0.781. The van der Waals surface area contributed by atoms with Gasteiger partial charge in [0.15, 0.2) is 0 Å². The zero-order valence-corrected chi connectivity index (χ0v) is 14.7. The molecule has 0 unspecified atom stereocenters. The van der Waals surface area contributed by atoms with Crippen LogP contribution in [0.5, 0.6) is 0 Å². The van der Waals surface area contributed by atoms with E-state index in [2.05, 4.69) is 48.2 Å². The lowest BCUT2D eigenvalue weighted by Gasteiger charge is -2.42. The van der Waals surface area contributed by atoms with Gasteiger partial charge >= 0.3 is 0 Å². The highest BCUT2D eigenvalue weighted by Gasteiger charge is 2.35. The molecule has 1 aromatic carbocycles. The van der Waals surface area contributed by atoms with Crippen molar-refractivity contribution in [1.82, 2.24) is 4.90 Å². The van der Waals surface area contributed by atoms with Crippen molar-refractivity contribution in [3.8, 4) is 0 Å². The van der Waals surface area contributed by atoms with Gasteiger partial charge in [-0.15, -0.1) is 17.9 Å². The number of allylic oxidation sites excluding steroid dienone is 1. The second-order valence-corrected chi connectivity index (χ2v) is 8.09. The smallest absolute Gasteiger partial charge is 0.0343 e. The third-order valence-corrected chi connectivity index (χ3v) is 6.52. The minimum absolute atomic E-state index is 0.781. The maximum Gasteiger partial charge on any atom is 0.0343 e. The Kier molecular flexibility index (Phi) is 4.13. The molecule has 2 heteroatoms. The van der Waals surface area contributed by atoms with E-state index in [-0.39, 0.29) is 0 Å². The van der Waals surface area contributed by atoms with Gasteiger partial charge in [-0.2, -0.15) is 0 Å². The van der Waals surface area contributed by atoms with Gasteiger partial charge in [-0.3, -0.25) is 4.90 Å². The quantitative estimate of drug-likeness (QED) is 0.648. The SMILES string of the molecule is C=CCN(C)CC1=C(c2ccc3sccc3c2)C2CCC1CC2. The molecule has 3 aliphatic rings. The highest BCUT2D eigenvalue weighted by molar-refractivity contribution is 7.17. The summed E-state index contributed by atoms with van der Waals surface area (Å²) in [5.74, 6) is 1.59. The summed E-state index contributed by atoms with van der Waals surface area (Å²) in [4.78, 5) is 2.41. The molecule has 1 nitrogen and oxygen atoms in total. The highest BCUT2D eigenvalue weighted by atomic mass is 32.1. The lowest BCUT2D eigenvalue weighted by Crippen LogP contribution is -2.32. The molecule has 0 radical (unpaired) electrons. The van der Waals surface area contributed by atoms with Crippen LogP contribution in [0.1, 0.15) is 31.2 Å². The molecule has 23 heavy (non-hydrogen) atoms. The zero-order valence-electron chi connectivity index (χ0n) is 13.9. The highest BCUT2D eigenvalue weighted by Crippen LogP contribution is 2.49. The molecule has 2 bridgehead atoms. The maximum absolute atomic E-state index is 3.89. The number of hydrogen-bond acceptors (Lipinski definition) is 2. The summed E-state index contributed by atoms with van der Waals surface area (Å²) in [6.45, 7) is 5.96. The standard InChI is InChI=1S/C21H25NS/c1-3-11-22(2)14-19-15-4-6-16(7-5-15)21(19)18-8-9-20-17(13-18)10-12-23-20/h3,8-10,12-13,15-16H,1,4-7,11,14H2,2H3. The van der Waals surface area contributed by atoms with Crippen LogP contribution in [-0.4, -0.2) is 25.0 Å². The van der Waals surface area contributed by atoms with Crippen LogP contribution in [0.4, 0.5) is 0 Å². The molecular weight excluding hydrogens is 298 g/mol. The van der Waals surface area contributed by atoms with Crippen LogP contribution in [-0.2, 0) is 0 Å². The van der Waals surface area contributed by atoms with Gasteiger partial charge in [0.25, 0.3) is 0 Å². The molecule has 0 aliphatic heterocycles. The largest absolute Gasteiger partial charge is 0.299 e. The van der Waals surface area contributed by atoms with E-state index in [1.165, 1.54) is 41.3 Å². The number of likely N-dealkylation sites (N-methyl/N-ethyl adjacent to an activating group) is 1. The summed E-state index contributed by atoms with van der Waals surface area (Å²) >= 11 is 1.84. The summed E-state index contributed by atoms with van der Waals surface area (Å²) in [5.41, 5.74) is 4.87. The molecule has 1 saturated carbocycles. The average molecular weight is 324 g/mol. The number of hydrogen-bond donors (Lipinski definition) is 0. The molecule has 0 saturated heterocycles. The molecule has 2 aromatic rings. The monoisotopic (exact) mass is 323 g/mol. The van der Waals surface area contributed by atoms with Crippen molar-refractivity contribution in [2.24, 2.45) is 11.8 Å². The van der Waals surface area contributed by atoms with Crippen LogP contribution in [0, 0.1) is 11.8 Å². The Bertz CT molecular complexity index is 746. The molecule has 120 valence electrons. The normalized spacial score (nSPS) is 23.9. The van der Waals surface area contributed by atoms with E-state index >= 15 is 0 Å². The van der Waals surface area contributed by atoms with Crippen LogP contribution in [0.3, 0.4) is 0 Å². The van der Waals surface area contributed by atoms with E-state index in [0.717, 1.165) is 24.9 Å². The molecule has 0 N–H and O–H groups in total. The van der Waals surface area contributed by atoms with Gasteiger partial charge in [0.05, 0.1) is 0 Å². The van der Waals surface area contributed by atoms with Gasteiger partial charge in [-0.1, -0.05) is 12.1 Å². The van der Waals surface area contributed by atoms with Crippen LogP contribution in [0.15, 0.2) is 47.9 Å². The summed E-state index contributed by atoms with van der Waals surface area (Å²) in [6.07, 6.45) is 7.57. The van der Waals surface area contributed by atoms with Gasteiger partial charge in [0, 0.05) is 17.8 Å². The molecule has 1 aromatic heterocycles. The van der Waals surface area contributed by atoms with Crippen molar-refractivity contribution in [1.29, 1.82) is 0 Å². The fourth-order valence-corrected chi connectivity index (χ4v) is 5.33. The molecule has 1 fully saturated rings. The summed E-state index contributed by atoms with van der Waals surface area (Å²) in [5, 5.41) is 3.61. The second kappa shape index (κ2) is 6.26. The lowest BCUT2D eigenvalue weighted by molar-refractivity contribution is 0.293. The lowest BCUT2D eigenvalue weighted by atomic mass is 9.65. The summed E-state index contributed by atoms with van der Waals surface area (Å²) < 4.78 is 1.40. The average Bonchev–Trinajstić information content (AvgIpc) is 3.03. The third-order valence-electron chi connectivity index (χ3n) is 5.62. The Morgan fingerprint density at radius 2 is 1.96 bits per heavy atom. The number of benzene rings is 1. The van der Waals surface area contributed by atoms with Crippen molar-refractivity contribution in [3.05, 3.63) is 53.4 Å². The number of nitrogens with zero attached hydrogens (tertiary/aromatic N) is 1. The Balaban J connectivity index is 1.77. The van der Waals surface area contributed by atoms with E-state index in [0.29, 0.717) is 0 Å². The molecule has 0 amide bonds. The molecule has 5 rings (SSSR count). The van der Waals surface area contributed by atoms with Crippen molar-refractivity contribution >= 4 is 27.0 Å². The fourth-order valence-electron chi connectivity index (χ4n) is 4.56. The van der Waals surface area contributed by atoms with E-state index < -0.39 is 0 Å². The summed E-state index contributed by atoms with van der Waals surface area (Å²) in [7, 11) is 2.22. The third kappa shape index (κ3) is 2.79. The van der Waals surface area contributed by atoms with E-state index in [9.17, 15) is 0 Å². The molecular formula is C21H25NS. The van der Waals surface area contributed by atoms with E-state index in [1.54, 1.807) is 11.1 Å². The van der Waals surface area contributed by atoms with Crippen molar-refractivity contribution < 1.29 is 0 Å². The van der Waals surface area contributed by atoms with Crippen LogP contribution >= 0.6 is 11.3 Å². The first-order valence-corrected chi connectivity index (χ1v) is 9.64. The second-order valence-electron chi connectivity index (χ2n) is 7.15. The topological polar surface area (TPSA) is 3.24 Å². The fraction of sp³-hybridized carbons (Fsp3) is 0.429. The van der Waals surface area contributed by atoms with E-state index in [1.807, 2.05) is 17.4 Å². The number of fused-ring (bicyclic) bond motifs is 3. The Hall–Kier alpha value is -1.38. The van der Waals surface area contributed by atoms with Crippen molar-refractivity contribution in [3.63, 3.8) is 0 Å². The Morgan fingerprint density at radius 3 is 2.74 bits per heavy atom. The minimum Gasteiger partial charge on any atom is -0.299 e. The predicted octanol–water partition coefficient (Wildman–Crippen LogP) is 5.59. The van der Waals surface area contributed by atoms with Crippen LogP contribution in [0.2, 0.25) is 0 Å².